The Morgan fingerprint density at radius 1 is 0.921 bits per heavy atom. The van der Waals surface area contributed by atoms with Gasteiger partial charge >= 0.3 is 0 Å². The smallest absolute Gasteiger partial charge is 0.277 e. The van der Waals surface area contributed by atoms with Crippen molar-refractivity contribution in [1.29, 1.82) is 0 Å². The van der Waals surface area contributed by atoms with Crippen molar-refractivity contribution in [2.75, 3.05) is 19.6 Å². The summed E-state index contributed by atoms with van der Waals surface area (Å²) in [7, 11) is 0. The summed E-state index contributed by atoms with van der Waals surface area (Å²) in [6.45, 7) is 5.97. The van der Waals surface area contributed by atoms with E-state index in [0.29, 0.717) is 36.3 Å². The number of hydrogen-bond donors (Lipinski definition) is 1. The van der Waals surface area contributed by atoms with E-state index in [1.165, 1.54) is 4.52 Å². The number of rotatable bonds is 3. The van der Waals surface area contributed by atoms with Gasteiger partial charge in [-0.15, -0.1) is 0 Å². The first-order valence-electron chi connectivity index (χ1n) is 13.2. The van der Waals surface area contributed by atoms with Gasteiger partial charge in [0.2, 0.25) is 0 Å². The van der Waals surface area contributed by atoms with E-state index in [1.54, 1.807) is 4.90 Å². The van der Waals surface area contributed by atoms with Crippen molar-refractivity contribution in [2.45, 2.75) is 45.6 Å². The number of hydrogen-bond acceptors (Lipinski definition) is 4. The van der Waals surface area contributed by atoms with Crippen LogP contribution in [-0.4, -0.2) is 55.8 Å². The summed E-state index contributed by atoms with van der Waals surface area (Å²) in [6, 6.07) is 17.2. The van der Waals surface area contributed by atoms with Gasteiger partial charge in [0.05, 0.1) is 17.8 Å². The number of nitrogens with zero attached hydrogens (tertiary/aromatic N) is 4. The van der Waals surface area contributed by atoms with Crippen LogP contribution >= 0.6 is 0 Å². The lowest BCUT2D eigenvalue weighted by molar-refractivity contribution is 0.0703. The van der Waals surface area contributed by atoms with E-state index >= 15 is 0 Å². The molecule has 194 valence electrons. The van der Waals surface area contributed by atoms with Crippen LogP contribution in [0, 0.1) is 13.8 Å². The van der Waals surface area contributed by atoms with E-state index in [2.05, 4.69) is 5.10 Å². The van der Waals surface area contributed by atoms with Crippen LogP contribution in [0.15, 0.2) is 59.4 Å². The topological polar surface area (TPSA) is 90.8 Å². The number of carbonyl (C=O) groups is 2. The lowest BCUT2D eigenvalue weighted by atomic mass is 9.94. The second-order valence-electron chi connectivity index (χ2n) is 10.4. The molecule has 8 nitrogen and oxygen atoms in total. The molecule has 1 saturated heterocycles. The number of aryl methyl sites for hydroxylation is 2. The van der Waals surface area contributed by atoms with Gasteiger partial charge in [-0.25, -0.2) is 9.50 Å². The van der Waals surface area contributed by atoms with Gasteiger partial charge in [-0.2, -0.15) is 0 Å². The molecular weight excluding hydrogens is 478 g/mol. The minimum absolute atomic E-state index is 0.0491. The van der Waals surface area contributed by atoms with Crippen molar-refractivity contribution in [3.63, 3.8) is 0 Å². The summed E-state index contributed by atoms with van der Waals surface area (Å²) in [5.74, 6) is 0.0769. The van der Waals surface area contributed by atoms with Crippen molar-refractivity contribution in [2.24, 2.45) is 0 Å². The molecule has 0 saturated carbocycles. The fraction of sp³-hybridized carbons (Fsp3) is 0.333. The van der Waals surface area contributed by atoms with E-state index in [4.69, 9.17) is 4.98 Å². The van der Waals surface area contributed by atoms with E-state index in [-0.39, 0.29) is 29.8 Å². The Labute approximate surface area is 220 Å². The average molecular weight is 510 g/mol. The normalized spacial score (nSPS) is 17.5. The Morgan fingerprint density at radius 3 is 2.26 bits per heavy atom. The SMILES string of the molecule is Cc1ccccc1C(=O)N1CCc2nc3cc(C4CCCN(C(=O)c5ccccc5C)C4)[nH]n3c(=O)c2C1. The fourth-order valence-electron chi connectivity index (χ4n) is 5.76. The lowest BCUT2D eigenvalue weighted by Gasteiger charge is -2.32. The molecule has 2 aromatic carbocycles. The van der Waals surface area contributed by atoms with Crippen LogP contribution in [0.1, 0.15) is 67.6 Å². The van der Waals surface area contributed by atoms with Crippen LogP contribution in [0.2, 0.25) is 0 Å². The molecule has 0 radical (unpaired) electrons. The molecule has 4 aromatic rings. The number of carbonyl (C=O) groups excluding carboxylic acids is 2. The number of aromatic nitrogens is 3. The number of fused-ring (bicyclic) bond motifs is 2. The highest BCUT2D eigenvalue weighted by atomic mass is 16.2. The largest absolute Gasteiger partial charge is 0.338 e. The summed E-state index contributed by atoms with van der Waals surface area (Å²) in [6.07, 6.45) is 2.37. The van der Waals surface area contributed by atoms with E-state index in [9.17, 15) is 14.4 Å². The zero-order valence-corrected chi connectivity index (χ0v) is 21.7. The van der Waals surface area contributed by atoms with Crippen LogP contribution in [0.3, 0.4) is 0 Å². The molecule has 2 aromatic heterocycles. The van der Waals surface area contributed by atoms with Crippen LogP contribution in [0.25, 0.3) is 5.65 Å². The van der Waals surface area contributed by atoms with Gasteiger partial charge in [0.1, 0.15) is 0 Å². The Bertz CT molecular complexity index is 1620. The number of amides is 2. The molecule has 2 amide bonds. The molecule has 38 heavy (non-hydrogen) atoms. The van der Waals surface area contributed by atoms with Crippen LogP contribution in [-0.2, 0) is 13.0 Å². The van der Waals surface area contributed by atoms with Gasteiger partial charge in [-0.1, -0.05) is 36.4 Å². The van der Waals surface area contributed by atoms with Crippen molar-refractivity contribution >= 4 is 17.5 Å². The van der Waals surface area contributed by atoms with Gasteiger partial charge in [0.25, 0.3) is 17.4 Å². The summed E-state index contributed by atoms with van der Waals surface area (Å²) in [5, 5.41) is 3.28. The fourth-order valence-corrected chi connectivity index (χ4v) is 5.76. The predicted molar refractivity (Wildman–Crippen MR) is 144 cm³/mol. The second kappa shape index (κ2) is 9.59. The number of H-pyrrole nitrogens is 1. The third kappa shape index (κ3) is 4.20. The molecule has 0 aliphatic carbocycles. The molecule has 2 aliphatic heterocycles. The number of piperidine rings is 1. The van der Waals surface area contributed by atoms with Gasteiger partial charge in [-0.3, -0.25) is 19.5 Å². The van der Waals surface area contributed by atoms with Crippen LogP contribution in [0.5, 0.6) is 0 Å². The maximum Gasteiger partial charge on any atom is 0.277 e. The Balaban J connectivity index is 1.26. The van der Waals surface area contributed by atoms with Crippen LogP contribution < -0.4 is 5.56 Å². The minimum atomic E-state index is -0.165. The highest BCUT2D eigenvalue weighted by Gasteiger charge is 2.30. The number of likely N-dealkylation sites (tertiary alicyclic amines) is 1. The van der Waals surface area contributed by atoms with Gasteiger partial charge in [0.15, 0.2) is 5.65 Å². The average Bonchev–Trinajstić information content (AvgIpc) is 3.37. The standard InChI is InChI=1S/C30H31N5O3/c1-19-8-3-5-11-22(19)28(36)33-14-7-10-21(17-33)26-16-27-31-25-13-15-34(18-24(25)30(38)35(27)32-26)29(37)23-12-6-4-9-20(23)2/h3-6,8-9,11-12,16,21,32H,7,10,13-15,17-18H2,1-2H3. The zero-order valence-electron chi connectivity index (χ0n) is 21.7. The maximum atomic E-state index is 13.5. The lowest BCUT2D eigenvalue weighted by Crippen LogP contribution is -2.40. The minimum Gasteiger partial charge on any atom is -0.338 e. The highest BCUT2D eigenvalue weighted by Crippen LogP contribution is 2.28. The second-order valence-corrected chi connectivity index (χ2v) is 10.4. The molecule has 0 bridgehead atoms. The Kier molecular flexibility index (Phi) is 6.10. The van der Waals surface area contributed by atoms with Crippen molar-refractivity contribution in [3.8, 4) is 0 Å². The highest BCUT2D eigenvalue weighted by molar-refractivity contribution is 5.96. The van der Waals surface area contributed by atoms with Crippen LogP contribution in [0.4, 0.5) is 0 Å². The molecule has 1 atom stereocenters. The molecule has 4 heterocycles. The summed E-state index contributed by atoms with van der Waals surface area (Å²) in [4.78, 5) is 48.4. The summed E-state index contributed by atoms with van der Waals surface area (Å²) in [5.41, 5.74) is 5.94. The number of nitrogens with one attached hydrogen (secondary N) is 1. The van der Waals surface area contributed by atoms with Crippen molar-refractivity contribution in [1.82, 2.24) is 24.4 Å². The first kappa shape index (κ1) is 24.2. The quantitative estimate of drug-likeness (QED) is 0.454. The molecule has 1 fully saturated rings. The first-order chi connectivity index (χ1) is 18.4. The van der Waals surface area contributed by atoms with Gasteiger partial charge in [-0.05, 0) is 49.9 Å². The van der Waals surface area contributed by atoms with E-state index < -0.39 is 0 Å². The predicted octanol–water partition coefficient (Wildman–Crippen LogP) is 3.86. The number of benzene rings is 2. The van der Waals surface area contributed by atoms with Crippen molar-refractivity contribution in [3.05, 3.63) is 104 Å². The van der Waals surface area contributed by atoms with E-state index in [1.807, 2.05) is 73.3 Å². The molecule has 6 rings (SSSR count). The Morgan fingerprint density at radius 2 is 1.58 bits per heavy atom. The first-order valence-corrected chi connectivity index (χ1v) is 13.2. The maximum absolute atomic E-state index is 13.5. The molecule has 8 heteroatoms. The molecule has 1 unspecified atom stereocenters. The van der Waals surface area contributed by atoms with Gasteiger partial charge in [0, 0.05) is 54.9 Å². The van der Waals surface area contributed by atoms with Crippen molar-refractivity contribution < 1.29 is 9.59 Å². The number of aromatic amines is 1. The Hall–Kier alpha value is -4.20. The molecular formula is C30H31N5O3. The van der Waals surface area contributed by atoms with Gasteiger partial charge < -0.3 is 9.80 Å². The molecule has 0 spiro atoms. The third-order valence-corrected chi connectivity index (χ3v) is 7.97. The summed E-state index contributed by atoms with van der Waals surface area (Å²) >= 11 is 0. The zero-order chi connectivity index (χ0) is 26.4. The monoisotopic (exact) mass is 509 g/mol. The third-order valence-electron chi connectivity index (χ3n) is 7.97. The summed E-state index contributed by atoms with van der Waals surface area (Å²) < 4.78 is 1.50. The van der Waals surface area contributed by atoms with E-state index in [0.717, 1.165) is 47.5 Å². The molecule has 1 N–H and O–H groups in total. The molecule has 2 aliphatic rings.